The van der Waals surface area contributed by atoms with Crippen LogP contribution in [0.25, 0.3) is 10.2 Å². The Morgan fingerprint density at radius 3 is 2.59 bits per heavy atom. The van der Waals surface area contributed by atoms with Crippen molar-refractivity contribution in [1.29, 1.82) is 0 Å². The molecule has 150 valence electrons. The predicted octanol–water partition coefficient (Wildman–Crippen LogP) is 3.02. The van der Waals surface area contributed by atoms with Gasteiger partial charge in [0.15, 0.2) is 23.2 Å². The number of hydrogen-bond donors (Lipinski definition) is 1. The Bertz CT molecular complexity index is 1100. The first kappa shape index (κ1) is 20.0. The van der Waals surface area contributed by atoms with Gasteiger partial charge in [0.25, 0.3) is 11.6 Å². The molecule has 0 radical (unpaired) electrons. The summed E-state index contributed by atoms with van der Waals surface area (Å²) in [6.45, 7) is -0.525. The topological polar surface area (TPSA) is 130 Å². The summed E-state index contributed by atoms with van der Waals surface area (Å²) < 4.78 is 15.8. The summed E-state index contributed by atoms with van der Waals surface area (Å²) in [5, 5.41) is 13.6. The van der Waals surface area contributed by atoms with Crippen LogP contribution in [0.3, 0.4) is 0 Å². The third kappa shape index (κ3) is 4.58. The molecule has 1 aromatic heterocycles. The molecule has 0 aliphatic carbocycles. The number of hydrogen-bond acceptors (Lipinski definition) is 9. The van der Waals surface area contributed by atoms with Gasteiger partial charge in [0.2, 0.25) is 0 Å². The number of esters is 1. The number of nitrogens with zero attached hydrogens (tertiary/aromatic N) is 2. The maximum atomic E-state index is 12.1. The largest absolute Gasteiger partial charge is 0.493 e. The number of fused-ring (bicyclic) bond motifs is 1. The van der Waals surface area contributed by atoms with E-state index in [1.165, 1.54) is 44.6 Å². The fourth-order valence-corrected chi connectivity index (χ4v) is 3.33. The Labute approximate surface area is 168 Å². The maximum absolute atomic E-state index is 12.1. The lowest BCUT2D eigenvalue weighted by molar-refractivity contribution is -0.384. The third-order valence-corrected chi connectivity index (χ3v) is 4.72. The highest BCUT2D eigenvalue weighted by Crippen LogP contribution is 2.29. The van der Waals surface area contributed by atoms with Crippen molar-refractivity contribution in [3.63, 3.8) is 0 Å². The SMILES string of the molecule is COc1ccc(C(=O)OCC(=O)Nc2nc3ccc([N+](=O)[O-])cc3s2)cc1OC. The fraction of sp³-hybridized carbons (Fsp3) is 0.167. The summed E-state index contributed by atoms with van der Waals surface area (Å²) in [7, 11) is 2.91. The average Bonchev–Trinajstić information content (AvgIpc) is 3.12. The highest BCUT2D eigenvalue weighted by molar-refractivity contribution is 7.22. The second-order valence-corrected chi connectivity index (χ2v) is 6.65. The van der Waals surface area contributed by atoms with Gasteiger partial charge in [-0.1, -0.05) is 11.3 Å². The number of rotatable bonds is 7. The van der Waals surface area contributed by atoms with Crippen molar-refractivity contribution in [3.8, 4) is 11.5 Å². The summed E-state index contributed by atoms with van der Waals surface area (Å²) in [5.74, 6) is -0.485. The summed E-state index contributed by atoms with van der Waals surface area (Å²) in [6.07, 6.45) is 0. The molecule has 10 nitrogen and oxygen atoms in total. The van der Waals surface area contributed by atoms with E-state index in [1.54, 1.807) is 6.07 Å². The number of benzene rings is 2. The van der Waals surface area contributed by atoms with E-state index in [9.17, 15) is 19.7 Å². The standard InChI is InChI=1S/C18H15N3O7S/c1-26-13-6-3-10(7-14(13)27-2)17(23)28-9-16(22)20-18-19-12-5-4-11(21(24)25)8-15(12)29-18/h3-8H,9H2,1-2H3,(H,19,20,22). The van der Waals surface area contributed by atoms with E-state index in [0.29, 0.717) is 21.7 Å². The zero-order valence-corrected chi connectivity index (χ0v) is 16.1. The normalized spacial score (nSPS) is 10.4. The average molecular weight is 417 g/mol. The van der Waals surface area contributed by atoms with E-state index < -0.39 is 23.4 Å². The molecule has 11 heteroatoms. The van der Waals surface area contributed by atoms with Crippen LogP contribution in [0.1, 0.15) is 10.4 Å². The molecule has 0 aliphatic heterocycles. The van der Waals surface area contributed by atoms with Crippen LogP contribution in [0.5, 0.6) is 11.5 Å². The number of methoxy groups -OCH3 is 2. The van der Waals surface area contributed by atoms with E-state index in [1.807, 2.05) is 0 Å². The van der Waals surface area contributed by atoms with Crippen molar-refractivity contribution in [1.82, 2.24) is 4.98 Å². The van der Waals surface area contributed by atoms with Crippen LogP contribution < -0.4 is 14.8 Å². The fourth-order valence-electron chi connectivity index (χ4n) is 2.41. The lowest BCUT2D eigenvalue weighted by Crippen LogP contribution is -2.20. The zero-order valence-electron chi connectivity index (χ0n) is 15.3. The van der Waals surface area contributed by atoms with Crippen LogP contribution in [0.15, 0.2) is 36.4 Å². The van der Waals surface area contributed by atoms with Crippen molar-refractivity contribution in [2.45, 2.75) is 0 Å². The molecule has 0 saturated heterocycles. The second kappa shape index (κ2) is 8.52. The number of nitrogens with one attached hydrogen (secondary N) is 1. The minimum atomic E-state index is -0.707. The van der Waals surface area contributed by atoms with Gasteiger partial charge >= 0.3 is 5.97 Å². The van der Waals surface area contributed by atoms with Crippen LogP contribution in [0, 0.1) is 10.1 Å². The monoisotopic (exact) mass is 417 g/mol. The number of anilines is 1. The Hall–Kier alpha value is -3.73. The number of amides is 1. The lowest BCUT2D eigenvalue weighted by Gasteiger charge is -2.09. The van der Waals surface area contributed by atoms with Gasteiger partial charge in [-0.2, -0.15) is 0 Å². The minimum Gasteiger partial charge on any atom is -0.493 e. The van der Waals surface area contributed by atoms with Gasteiger partial charge in [-0.25, -0.2) is 9.78 Å². The number of nitro benzene ring substituents is 1. The molecule has 29 heavy (non-hydrogen) atoms. The Morgan fingerprint density at radius 1 is 1.14 bits per heavy atom. The van der Waals surface area contributed by atoms with E-state index in [4.69, 9.17) is 14.2 Å². The van der Waals surface area contributed by atoms with Gasteiger partial charge in [0, 0.05) is 12.1 Å². The minimum absolute atomic E-state index is 0.0668. The van der Waals surface area contributed by atoms with Crippen molar-refractivity contribution in [3.05, 3.63) is 52.1 Å². The molecule has 0 unspecified atom stereocenters. The summed E-state index contributed by atoms with van der Waals surface area (Å²) in [4.78, 5) is 38.7. The summed E-state index contributed by atoms with van der Waals surface area (Å²) in [5.41, 5.74) is 0.642. The van der Waals surface area contributed by atoms with E-state index in [0.717, 1.165) is 11.3 Å². The number of aromatic nitrogens is 1. The van der Waals surface area contributed by atoms with Crippen molar-refractivity contribution >= 4 is 44.2 Å². The van der Waals surface area contributed by atoms with E-state index in [2.05, 4.69) is 10.3 Å². The number of non-ortho nitro benzene ring substituents is 1. The number of thiazole rings is 1. The summed E-state index contributed by atoms with van der Waals surface area (Å²) >= 11 is 1.08. The first-order chi connectivity index (χ1) is 13.9. The van der Waals surface area contributed by atoms with Crippen LogP contribution in [0.2, 0.25) is 0 Å². The Kier molecular flexibility index (Phi) is 5.88. The van der Waals surface area contributed by atoms with Crippen LogP contribution in [0.4, 0.5) is 10.8 Å². The van der Waals surface area contributed by atoms with Crippen LogP contribution in [-0.2, 0) is 9.53 Å². The predicted molar refractivity (Wildman–Crippen MR) is 105 cm³/mol. The molecule has 0 atom stereocenters. The second-order valence-electron chi connectivity index (χ2n) is 5.62. The molecule has 1 N–H and O–H groups in total. The summed E-state index contributed by atoms with van der Waals surface area (Å²) in [6, 6.07) is 8.69. The van der Waals surface area contributed by atoms with Gasteiger partial charge in [0.05, 0.1) is 34.9 Å². The van der Waals surface area contributed by atoms with Crippen molar-refractivity contribution in [2.75, 3.05) is 26.1 Å². The van der Waals surface area contributed by atoms with Crippen molar-refractivity contribution < 1.29 is 28.7 Å². The number of carbonyl (C=O) groups excluding carboxylic acids is 2. The highest BCUT2D eigenvalue weighted by Gasteiger charge is 2.15. The number of carbonyl (C=O) groups is 2. The molecule has 3 aromatic rings. The molecule has 2 aromatic carbocycles. The first-order valence-corrected chi connectivity index (χ1v) is 8.97. The lowest BCUT2D eigenvalue weighted by atomic mass is 10.2. The van der Waals surface area contributed by atoms with Gasteiger partial charge in [-0.05, 0) is 24.3 Å². The molecule has 0 fully saturated rings. The molecular formula is C18H15N3O7S. The zero-order chi connectivity index (χ0) is 21.0. The molecule has 3 rings (SSSR count). The highest BCUT2D eigenvalue weighted by atomic mass is 32.1. The molecule has 0 saturated carbocycles. The Balaban J connectivity index is 1.61. The number of nitro groups is 1. The first-order valence-electron chi connectivity index (χ1n) is 8.15. The van der Waals surface area contributed by atoms with Gasteiger partial charge in [-0.15, -0.1) is 0 Å². The molecule has 0 aliphatic rings. The quantitative estimate of drug-likeness (QED) is 0.353. The van der Waals surface area contributed by atoms with Crippen LogP contribution in [-0.4, -0.2) is 42.6 Å². The van der Waals surface area contributed by atoms with Gasteiger partial charge in [0.1, 0.15) is 0 Å². The number of ether oxygens (including phenoxy) is 3. The third-order valence-electron chi connectivity index (χ3n) is 3.78. The van der Waals surface area contributed by atoms with E-state index in [-0.39, 0.29) is 16.4 Å². The van der Waals surface area contributed by atoms with Gasteiger partial charge in [-0.3, -0.25) is 20.2 Å². The molecule has 1 amide bonds. The van der Waals surface area contributed by atoms with Gasteiger partial charge < -0.3 is 14.2 Å². The molecule has 0 bridgehead atoms. The molecular weight excluding hydrogens is 402 g/mol. The van der Waals surface area contributed by atoms with E-state index >= 15 is 0 Å². The smallest absolute Gasteiger partial charge is 0.338 e. The molecule has 0 spiro atoms. The maximum Gasteiger partial charge on any atom is 0.338 e. The van der Waals surface area contributed by atoms with Crippen molar-refractivity contribution in [2.24, 2.45) is 0 Å². The Morgan fingerprint density at radius 2 is 1.90 bits per heavy atom. The molecule has 1 heterocycles. The van der Waals surface area contributed by atoms with Crippen LogP contribution >= 0.6 is 11.3 Å².